The Labute approximate surface area is 125 Å². The first-order chi connectivity index (χ1) is 10.5. The van der Waals surface area contributed by atoms with E-state index in [9.17, 15) is 24.8 Å². The van der Waals surface area contributed by atoms with Gasteiger partial charge in [0.1, 0.15) is 5.69 Å². The van der Waals surface area contributed by atoms with Crippen molar-refractivity contribution in [2.24, 2.45) is 0 Å². The first-order valence-electron chi connectivity index (χ1n) is 6.58. The van der Waals surface area contributed by atoms with Crippen molar-refractivity contribution in [1.82, 2.24) is 5.32 Å². The van der Waals surface area contributed by atoms with Crippen molar-refractivity contribution >= 4 is 23.3 Å². The molecule has 1 aromatic carbocycles. The molecule has 2 rings (SSSR count). The smallest absolute Gasteiger partial charge is 0.293 e. The molecule has 0 aliphatic carbocycles. The number of hydrogen-bond acceptors (Lipinski definition) is 7. The molecule has 0 spiro atoms. The molecular weight excluding hydrogens is 294 g/mol. The van der Waals surface area contributed by atoms with E-state index >= 15 is 0 Å². The van der Waals surface area contributed by atoms with Crippen LogP contribution in [0.3, 0.4) is 0 Å². The molecule has 1 saturated heterocycles. The molecular formula is C13H14N3O6-. The summed E-state index contributed by atoms with van der Waals surface area (Å²) < 4.78 is 5.20. The van der Waals surface area contributed by atoms with E-state index in [4.69, 9.17) is 4.74 Å². The number of amides is 1. The third kappa shape index (κ3) is 3.70. The highest BCUT2D eigenvalue weighted by molar-refractivity contribution is 5.97. The van der Waals surface area contributed by atoms with Crippen molar-refractivity contribution < 1.29 is 24.4 Å². The van der Waals surface area contributed by atoms with Crippen LogP contribution in [0.25, 0.3) is 0 Å². The minimum atomic E-state index is -1.44. The molecule has 0 unspecified atom stereocenters. The van der Waals surface area contributed by atoms with Crippen LogP contribution in [-0.4, -0.2) is 49.6 Å². The molecule has 1 aliphatic rings. The minimum Gasteiger partial charge on any atom is -0.548 e. The number of carboxylic acids is 1. The van der Waals surface area contributed by atoms with Crippen LogP contribution in [0.15, 0.2) is 18.2 Å². The Hall–Kier alpha value is -2.68. The van der Waals surface area contributed by atoms with E-state index in [0.29, 0.717) is 32.0 Å². The van der Waals surface area contributed by atoms with Crippen LogP contribution < -0.4 is 15.3 Å². The molecule has 1 aliphatic heterocycles. The van der Waals surface area contributed by atoms with Crippen molar-refractivity contribution in [2.45, 2.75) is 0 Å². The Balaban J connectivity index is 2.24. The second-order valence-electron chi connectivity index (χ2n) is 4.61. The number of nitro benzene ring substituents is 1. The Morgan fingerprint density at radius 3 is 2.59 bits per heavy atom. The molecule has 9 heteroatoms. The van der Waals surface area contributed by atoms with Crippen LogP contribution in [0.4, 0.5) is 11.4 Å². The fraction of sp³-hybridized carbons (Fsp3) is 0.385. The number of nitrogens with one attached hydrogen (secondary N) is 1. The zero-order valence-corrected chi connectivity index (χ0v) is 11.6. The van der Waals surface area contributed by atoms with Crippen molar-refractivity contribution in [3.8, 4) is 0 Å². The number of carboxylic acid groups (broad SMARTS) is 1. The molecule has 1 N–H and O–H groups in total. The lowest BCUT2D eigenvalue weighted by Crippen LogP contribution is -2.38. The standard InChI is InChI=1S/C13H15N3O6/c17-12(18)8-14-13(19)9-1-2-10(11(7-9)16(20)21)15-3-5-22-6-4-15/h1-2,7H,3-6,8H2,(H,14,19)(H,17,18)/p-1. The van der Waals surface area contributed by atoms with Gasteiger partial charge in [-0.1, -0.05) is 0 Å². The molecule has 1 fully saturated rings. The highest BCUT2D eigenvalue weighted by Crippen LogP contribution is 2.29. The van der Waals surface area contributed by atoms with Gasteiger partial charge < -0.3 is 24.9 Å². The summed E-state index contributed by atoms with van der Waals surface area (Å²) in [5.41, 5.74) is 0.220. The Morgan fingerprint density at radius 1 is 1.32 bits per heavy atom. The molecule has 0 radical (unpaired) electrons. The first-order valence-corrected chi connectivity index (χ1v) is 6.58. The number of anilines is 1. The van der Waals surface area contributed by atoms with Crippen molar-refractivity contribution in [2.75, 3.05) is 37.7 Å². The van der Waals surface area contributed by atoms with Crippen LogP contribution >= 0.6 is 0 Å². The number of carbonyl (C=O) groups excluding carboxylic acids is 2. The minimum absolute atomic E-state index is 0.0185. The Kier molecular flexibility index (Phi) is 4.89. The summed E-state index contributed by atoms with van der Waals surface area (Å²) >= 11 is 0. The first kappa shape index (κ1) is 15.7. The molecule has 0 atom stereocenters. The van der Waals surface area contributed by atoms with Gasteiger partial charge in [-0.05, 0) is 12.1 Å². The summed E-state index contributed by atoms with van der Waals surface area (Å²) in [5, 5.41) is 23.6. The Morgan fingerprint density at radius 2 is 2.00 bits per heavy atom. The van der Waals surface area contributed by atoms with Crippen molar-refractivity contribution in [3.05, 3.63) is 33.9 Å². The van der Waals surface area contributed by atoms with Gasteiger partial charge in [-0.25, -0.2) is 0 Å². The molecule has 0 aromatic heterocycles. The molecule has 1 aromatic rings. The maximum absolute atomic E-state index is 11.8. The third-order valence-corrected chi connectivity index (χ3v) is 3.18. The molecule has 1 heterocycles. The number of nitro groups is 1. The maximum atomic E-state index is 11.8. The molecule has 0 bridgehead atoms. The zero-order chi connectivity index (χ0) is 16.1. The maximum Gasteiger partial charge on any atom is 0.293 e. The fourth-order valence-electron chi connectivity index (χ4n) is 2.14. The van der Waals surface area contributed by atoms with Gasteiger partial charge in [-0.15, -0.1) is 0 Å². The normalized spacial score (nSPS) is 14.5. The molecule has 118 valence electrons. The van der Waals surface area contributed by atoms with Gasteiger partial charge in [-0.2, -0.15) is 0 Å². The quantitative estimate of drug-likeness (QED) is 0.541. The summed E-state index contributed by atoms with van der Waals surface area (Å²) in [6, 6.07) is 4.04. The summed E-state index contributed by atoms with van der Waals surface area (Å²) in [6.07, 6.45) is 0. The molecule has 0 saturated carbocycles. The van der Waals surface area contributed by atoms with E-state index in [-0.39, 0.29) is 11.3 Å². The summed E-state index contributed by atoms with van der Waals surface area (Å²) in [4.78, 5) is 34.5. The number of aliphatic carboxylic acids is 1. The predicted octanol–water partition coefficient (Wildman–Crippen LogP) is -1.09. The van der Waals surface area contributed by atoms with Gasteiger partial charge in [0, 0.05) is 24.7 Å². The lowest BCUT2D eigenvalue weighted by molar-refractivity contribution is -0.384. The van der Waals surface area contributed by atoms with E-state index in [1.807, 2.05) is 4.90 Å². The largest absolute Gasteiger partial charge is 0.548 e. The van der Waals surface area contributed by atoms with E-state index in [1.165, 1.54) is 12.1 Å². The van der Waals surface area contributed by atoms with Gasteiger partial charge in [-0.3, -0.25) is 14.9 Å². The van der Waals surface area contributed by atoms with Crippen LogP contribution in [0.5, 0.6) is 0 Å². The third-order valence-electron chi connectivity index (χ3n) is 3.18. The molecule has 9 nitrogen and oxygen atoms in total. The number of morpholine rings is 1. The topological polar surface area (TPSA) is 125 Å². The van der Waals surface area contributed by atoms with Crippen LogP contribution in [0, 0.1) is 10.1 Å². The SMILES string of the molecule is O=C([O-])CNC(=O)c1ccc(N2CCOCC2)c([N+](=O)[O-])c1. The summed E-state index contributed by atoms with van der Waals surface area (Å²) in [7, 11) is 0. The van der Waals surface area contributed by atoms with Gasteiger partial charge in [0.2, 0.25) is 0 Å². The Bertz CT molecular complexity index is 597. The highest BCUT2D eigenvalue weighted by Gasteiger charge is 2.23. The van der Waals surface area contributed by atoms with E-state index in [0.717, 1.165) is 6.07 Å². The number of benzene rings is 1. The van der Waals surface area contributed by atoms with Gasteiger partial charge >= 0.3 is 0 Å². The highest BCUT2D eigenvalue weighted by atomic mass is 16.6. The predicted molar refractivity (Wildman–Crippen MR) is 73.5 cm³/mol. The van der Waals surface area contributed by atoms with E-state index < -0.39 is 23.3 Å². The number of carbonyl (C=O) groups is 2. The lowest BCUT2D eigenvalue weighted by atomic mass is 10.1. The average Bonchev–Trinajstić information content (AvgIpc) is 2.52. The van der Waals surface area contributed by atoms with Crippen LogP contribution in [0.2, 0.25) is 0 Å². The number of rotatable bonds is 5. The lowest BCUT2D eigenvalue weighted by Gasteiger charge is -2.28. The summed E-state index contributed by atoms with van der Waals surface area (Å²) in [5.74, 6) is -2.14. The monoisotopic (exact) mass is 308 g/mol. The van der Waals surface area contributed by atoms with Crippen molar-refractivity contribution in [3.63, 3.8) is 0 Å². The zero-order valence-electron chi connectivity index (χ0n) is 11.6. The fourth-order valence-corrected chi connectivity index (χ4v) is 2.14. The van der Waals surface area contributed by atoms with Gasteiger partial charge in [0.25, 0.3) is 11.6 Å². The number of hydrogen-bond donors (Lipinski definition) is 1. The average molecular weight is 308 g/mol. The van der Waals surface area contributed by atoms with Crippen LogP contribution in [0.1, 0.15) is 10.4 Å². The van der Waals surface area contributed by atoms with Gasteiger partial charge in [0.15, 0.2) is 0 Å². The summed E-state index contributed by atoms with van der Waals surface area (Å²) in [6.45, 7) is 1.35. The second-order valence-corrected chi connectivity index (χ2v) is 4.61. The molecule has 22 heavy (non-hydrogen) atoms. The van der Waals surface area contributed by atoms with Crippen LogP contribution in [-0.2, 0) is 9.53 Å². The van der Waals surface area contributed by atoms with E-state index in [2.05, 4.69) is 5.32 Å². The van der Waals surface area contributed by atoms with Crippen molar-refractivity contribution in [1.29, 1.82) is 0 Å². The molecule has 1 amide bonds. The number of nitrogens with zero attached hydrogens (tertiary/aromatic N) is 2. The van der Waals surface area contributed by atoms with E-state index in [1.54, 1.807) is 0 Å². The number of ether oxygens (including phenoxy) is 1. The second kappa shape index (κ2) is 6.85. The van der Waals surface area contributed by atoms with Gasteiger partial charge in [0.05, 0.1) is 30.7 Å².